The Kier molecular flexibility index (Phi) is 6.97. The van der Waals surface area contributed by atoms with Gasteiger partial charge in [0.2, 0.25) is 0 Å². The first-order chi connectivity index (χ1) is 14.0. The van der Waals surface area contributed by atoms with Crippen molar-refractivity contribution in [1.82, 2.24) is 4.57 Å². The fourth-order valence-electron chi connectivity index (χ4n) is 2.54. The Morgan fingerprint density at radius 3 is 2.55 bits per heavy atom. The molecule has 0 spiro atoms. The molecular weight excluding hydrogens is 388 g/mol. The highest BCUT2D eigenvalue weighted by Gasteiger charge is 2.17. The number of amides is 1. The van der Waals surface area contributed by atoms with Crippen molar-refractivity contribution in [3.63, 3.8) is 0 Å². The molecule has 0 unspecified atom stereocenters. The molecule has 0 aliphatic rings. The van der Waals surface area contributed by atoms with Crippen LogP contribution in [0.15, 0.2) is 71.2 Å². The van der Waals surface area contributed by atoms with Crippen LogP contribution in [-0.4, -0.2) is 29.2 Å². The largest absolute Gasteiger partial charge is 0.479 e. The van der Waals surface area contributed by atoms with Gasteiger partial charge in [0.15, 0.2) is 17.5 Å². The highest BCUT2D eigenvalue weighted by atomic mass is 32.1. The second kappa shape index (κ2) is 9.84. The van der Waals surface area contributed by atoms with E-state index in [1.807, 2.05) is 65.5 Å². The minimum atomic E-state index is -0.821. The van der Waals surface area contributed by atoms with Crippen LogP contribution in [0, 0.1) is 6.92 Å². The molecule has 6 nitrogen and oxygen atoms in total. The van der Waals surface area contributed by atoms with Crippen LogP contribution in [0.5, 0.6) is 5.75 Å². The molecule has 3 aromatic rings. The van der Waals surface area contributed by atoms with E-state index < -0.39 is 24.6 Å². The average Bonchev–Trinajstić information content (AvgIpc) is 3.15. The Balaban J connectivity index is 1.56. The van der Waals surface area contributed by atoms with Crippen molar-refractivity contribution in [2.24, 2.45) is 4.99 Å². The number of ether oxygens (including phenoxy) is 2. The van der Waals surface area contributed by atoms with Crippen LogP contribution in [0.1, 0.15) is 18.1 Å². The Bertz CT molecular complexity index is 1020. The van der Waals surface area contributed by atoms with E-state index in [0.29, 0.717) is 17.1 Å². The molecule has 2 aromatic carbocycles. The predicted molar refractivity (Wildman–Crippen MR) is 111 cm³/mol. The van der Waals surface area contributed by atoms with Crippen LogP contribution >= 0.6 is 11.3 Å². The quantitative estimate of drug-likeness (QED) is 0.560. The third kappa shape index (κ3) is 6.15. The normalized spacial score (nSPS) is 12.4. The first kappa shape index (κ1) is 20.5. The lowest BCUT2D eigenvalue weighted by Crippen LogP contribution is -2.28. The van der Waals surface area contributed by atoms with Crippen LogP contribution < -0.4 is 9.54 Å². The van der Waals surface area contributed by atoms with Crippen molar-refractivity contribution in [3.05, 3.63) is 82.1 Å². The number of aromatic nitrogens is 1. The zero-order chi connectivity index (χ0) is 20.6. The number of nitrogens with zero attached hydrogens (tertiary/aromatic N) is 2. The molecule has 0 N–H and O–H groups in total. The summed E-state index contributed by atoms with van der Waals surface area (Å²) in [6.07, 6.45) is 1.05. The number of hydrogen-bond acceptors (Lipinski definition) is 5. The molecule has 0 fully saturated rings. The number of aryl methyl sites for hydroxylation is 1. The maximum Gasteiger partial charge on any atom is 0.347 e. The van der Waals surface area contributed by atoms with Gasteiger partial charge in [-0.2, -0.15) is 4.99 Å². The number of carbonyl (C=O) groups excluding carboxylic acids is 2. The highest BCUT2D eigenvalue weighted by Crippen LogP contribution is 2.11. The second-order valence-corrected chi connectivity index (χ2v) is 7.36. The molecule has 1 amide bonds. The monoisotopic (exact) mass is 410 g/mol. The SMILES string of the molecule is Cc1ccc(Cn2ccsc2=NC(=O)COC(=O)[C@@H](C)Oc2ccccc2)cc1. The minimum Gasteiger partial charge on any atom is -0.479 e. The van der Waals surface area contributed by atoms with Gasteiger partial charge in [-0.1, -0.05) is 48.0 Å². The van der Waals surface area contributed by atoms with Gasteiger partial charge in [0.1, 0.15) is 5.75 Å². The number of thiazole rings is 1. The topological polar surface area (TPSA) is 69.9 Å². The summed E-state index contributed by atoms with van der Waals surface area (Å²) in [5.74, 6) is -0.579. The Morgan fingerprint density at radius 2 is 1.83 bits per heavy atom. The third-order valence-electron chi connectivity index (χ3n) is 4.08. The second-order valence-electron chi connectivity index (χ2n) is 6.49. The number of esters is 1. The number of benzene rings is 2. The van der Waals surface area contributed by atoms with Crippen molar-refractivity contribution in [2.75, 3.05) is 6.61 Å². The van der Waals surface area contributed by atoms with E-state index in [9.17, 15) is 9.59 Å². The maximum atomic E-state index is 12.2. The van der Waals surface area contributed by atoms with Crippen molar-refractivity contribution >= 4 is 23.2 Å². The van der Waals surface area contributed by atoms with E-state index in [4.69, 9.17) is 9.47 Å². The van der Waals surface area contributed by atoms with Crippen molar-refractivity contribution in [1.29, 1.82) is 0 Å². The summed E-state index contributed by atoms with van der Waals surface area (Å²) in [5, 5.41) is 1.86. The van der Waals surface area contributed by atoms with Crippen molar-refractivity contribution in [2.45, 2.75) is 26.5 Å². The molecule has 0 bridgehead atoms. The van der Waals surface area contributed by atoms with Gasteiger partial charge in [0, 0.05) is 18.1 Å². The highest BCUT2D eigenvalue weighted by molar-refractivity contribution is 7.07. The van der Waals surface area contributed by atoms with Crippen LogP contribution in [0.4, 0.5) is 0 Å². The molecule has 0 saturated heterocycles. The average molecular weight is 410 g/mol. The van der Waals surface area contributed by atoms with E-state index >= 15 is 0 Å². The zero-order valence-electron chi connectivity index (χ0n) is 16.3. The van der Waals surface area contributed by atoms with E-state index in [0.717, 1.165) is 5.56 Å². The lowest BCUT2D eigenvalue weighted by molar-refractivity contribution is -0.154. The predicted octanol–water partition coefficient (Wildman–Crippen LogP) is 3.34. The molecule has 1 aromatic heterocycles. The third-order valence-corrected chi connectivity index (χ3v) is 4.87. The summed E-state index contributed by atoms with van der Waals surface area (Å²) in [5.41, 5.74) is 2.30. The summed E-state index contributed by atoms with van der Waals surface area (Å²) in [7, 11) is 0. The fraction of sp³-hybridized carbons (Fsp3) is 0.227. The number of carbonyl (C=O) groups is 2. The first-order valence-corrected chi connectivity index (χ1v) is 10.0. The summed E-state index contributed by atoms with van der Waals surface area (Å²) in [4.78, 5) is 28.8. The molecule has 29 heavy (non-hydrogen) atoms. The molecule has 1 atom stereocenters. The lowest BCUT2D eigenvalue weighted by Gasteiger charge is -2.13. The van der Waals surface area contributed by atoms with Gasteiger partial charge in [-0.25, -0.2) is 4.79 Å². The van der Waals surface area contributed by atoms with Gasteiger partial charge in [-0.3, -0.25) is 4.79 Å². The summed E-state index contributed by atoms with van der Waals surface area (Å²) in [6, 6.07) is 17.1. The number of rotatable bonds is 7. The van der Waals surface area contributed by atoms with Crippen molar-refractivity contribution < 1.29 is 19.1 Å². The van der Waals surface area contributed by atoms with E-state index in [1.165, 1.54) is 16.9 Å². The molecule has 0 aliphatic carbocycles. The Morgan fingerprint density at radius 1 is 1.10 bits per heavy atom. The van der Waals surface area contributed by atoms with E-state index in [-0.39, 0.29) is 0 Å². The maximum absolute atomic E-state index is 12.2. The summed E-state index contributed by atoms with van der Waals surface area (Å²) >= 11 is 1.35. The lowest BCUT2D eigenvalue weighted by atomic mass is 10.1. The molecule has 150 valence electrons. The smallest absolute Gasteiger partial charge is 0.347 e. The molecule has 7 heteroatoms. The van der Waals surface area contributed by atoms with Gasteiger partial charge in [0.05, 0.1) is 0 Å². The standard InChI is InChI=1S/C22H22N2O4S/c1-16-8-10-18(11-9-16)14-24-12-13-29-22(24)23-20(25)15-27-21(26)17(2)28-19-6-4-3-5-7-19/h3-13,17H,14-15H2,1-2H3/t17-/m1/s1. The van der Waals surface area contributed by atoms with Crippen LogP contribution in [0.3, 0.4) is 0 Å². The zero-order valence-corrected chi connectivity index (χ0v) is 17.1. The van der Waals surface area contributed by atoms with Gasteiger partial charge < -0.3 is 14.0 Å². The van der Waals surface area contributed by atoms with Gasteiger partial charge in [-0.05, 0) is 31.5 Å². The van der Waals surface area contributed by atoms with Crippen molar-refractivity contribution in [3.8, 4) is 5.75 Å². The summed E-state index contributed by atoms with van der Waals surface area (Å²) in [6.45, 7) is 3.79. The number of para-hydroxylation sites is 1. The van der Waals surface area contributed by atoms with E-state index in [2.05, 4.69) is 4.99 Å². The molecule has 1 heterocycles. The summed E-state index contributed by atoms with van der Waals surface area (Å²) < 4.78 is 12.4. The fourth-order valence-corrected chi connectivity index (χ4v) is 3.28. The Labute approximate surface area is 173 Å². The molecule has 0 aliphatic heterocycles. The van der Waals surface area contributed by atoms with E-state index in [1.54, 1.807) is 19.1 Å². The van der Waals surface area contributed by atoms with Gasteiger partial charge >= 0.3 is 5.97 Å². The van der Waals surface area contributed by atoms with Gasteiger partial charge in [-0.15, -0.1) is 11.3 Å². The van der Waals surface area contributed by atoms with Crippen LogP contribution in [0.25, 0.3) is 0 Å². The molecule has 3 rings (SSSR count). The van der Waals surface area contributed by atoms with Gasteiger partial charge in [0.25, 0.3) is 5.91 Å². The first-order valence-electron chi connectivity index (χ1n) is 9.16. The molecular formula is C22H22N2O4S. The number of hydrogen-bond donors (Lipinski definition) is 0. The van der Waals surface area contributed by atoms with Crippen LogP contribution in [0.2, 0.25) is 0 Å². The van der Waals surface area contributed by atoms with Crippen LogP contribution in [-0.2, 0) is 20.9 Å². The molecule has 0 saturated carbocycles. The minimum absolute atomic E-state index is 0.427. The molecule has 0 radical (unpaired) electrons. The Hall–Kier alpha value is -3.19.